The molecule has 0 unspecified atom stereocenters. The number of rotatable bonds is 4. The maximum atomic E-state index is 11.6. The van der Waals surface area contributed by atoms with E-state index in [9.17, 15) is 4.79 Å². The molecule has 1 aromatic carbocycles. The van der Waals surface area contributed by atoms with Crippen LogP contribution in [0.2, 0.25) is 0 Å². The Morgan fingerprint density at radius 1 is 1.39 bits per heavy atom. The lowest BCUT2D eigenvalue weighted by atomic mass is 10.1. The first-order valence-electron chi connectivity index (χ1n) is 6.25. The van der Waals surface area contributed by atoms with E-state index in [1.165, 1.54) is 5.56 Å². The van der Waals surface area contributed by atoms with Crippen LogP contribution in [0.5, 0.6) is 0 Å². The summed E-state index contributed by atoms with van der Waals surface area (Å²) in [4.78, 5) is 18.0. The molecule has 1 atom stereocenters. The predicted octanol–water partition coefficient (Wildman–Crippen LogP) is 2.57. The standard InChI is InChI=1S/C14H18N2OS/c1-3-16-13(17)10-18-14(16)15-11(2)9-12-7-5-4-6-8-12/h4-8,11H,3,9-10H2,1-2H3/t11-/m0/s1. The summed E-state index contributed by atoms with van der Waals surface area (Å²) in [6.07, 6.45) is 0.913. The first-order valence-corrected chi connectivity index (χ1v) is 7.24. The summed E-state index contributed by atoms with van der Waals surface area (Å²) in [5, 5.41) is 0.880. The minimum Gasteiger partial charge on any atom is -0.291 e. The fourth-order valence-electron chi connectivity index (χ4n) is 2.00. The monoisotopic (exact) mass is 262 g/mol. The summed E-state index contributed by atoms with van der Waals surface area (Å²) in [5.74, 6) is 0.707. The van der Waals surface area contributed by atoms with Crippen molar-refractivity contribution in [3.63, 3.8) is 0 Å². The van der Waals surface area contributed by atoms with E-state index in [4.69, 9.17) is 0 Å². The van der Waals surface area contributed by atoms with Gasteiger partial charge in [-0.1, -0.05) is 42.1 Å². The smallest absolute Gasteiger partial charge is 0.239 e. The van der Waals surface area contributed by atoms with E-state index in [1.807, 2.05) is 25.1 Å². The second-order valence-corrected chi connectivity index (χ2v) is 5.32. The lowest BCUT2D eigenvalue weighted by Gasteiger charge is -2.15. The van der Waals surface area contributed by atoms with Crippen molar-refractivity contribution in [2.24, 2.45) is 4.99 Å². The molecule has 0 aliphatic carbocycles. The third-order valence-electron chi connectivity index (χ3n) is 2.88. The van der Waals surface area contributed by atoms with Gasteiger partial charge in [0.15, 0.2) is 5.17 Å². The van der Waals surface area contributed by atoms with Gasteiger partial charge in [0.1, 0.15) is 0 Å². The highest BCUT2D eigenvalue weighted by Crippen LogP contribution is 2.20. The zero-order valence-electron chi connectivity index (χ0n) is 10.8. The summed E-state index contributed by atoms with van der Waals surface area (Å²) in [6.45, 7) is 4.79. The van der Waals surface area contributed by atoms with Crippen LogP contribution in [0.4, 0.5) is 0 Å². The van der Waals surface area contributed by atoms with Crippen LogP contribution in [-0.4, -0.2) is 34.3 Å². The summed E-state index contributed by atoms with van der Waals surface area (Å²) in [7, 11) is 0. The predicted molar refractivity (Wildman–Crippen MR) is 76.9 cm³/mol. The van der Waals surface area contributed by atoms with Crippen LogP contribution in [0.25, 0.3) is 0 Å². The topological polar surface area (TPSA) is 32.7 Å². The molecule has 3 nitrogen and oxygen atoms in total. The Morgan fingerprint density at radius 2 is 2.11 bits per heavy atom. The van der Waals surface area contributed by atoms with E-state index < -0.39 is 0 Å². The molecule has 0 bridgehead atoms. The van der Waals surface area contributed by atoms with Crippen LogP contribution >= 0.6 is 11.8 Å². The molecule has 0 aromatic heterocycles. The molecule has 0 saturated carbocycles. The van der Waals surface area contributed by atoms with Gasteiger partial charge in [-0.3, -0.25) is 14.7 Å². The van der Waals surface area contributed by atoms with E-state index in [0.29, 0.717) is 12.3 Å². The molecule has 0 spiro atoms. The van der Waals surface area contributed by atoms with Gasteiger partial charge in [0.25, 0.3) is 0 Å². The third-order valence-corrected chi connectivity index (χ3v) is 3.85. The molecule has 96 valence electrons. The van der Waals surface area contributed by atoms with E-state index in [0.717, 1.165) is 11.6 Å². The van der Waals surface area contributed by atoms with Gasteiger partial charge in [0.05, 0.1) is 11.8 Å². The van der Waals surface area contributed by atoms with Crippen molar-refractivity contribution >= 4 is 22.8 Å². The van der Waals surface area contributed by atoms with Gasteiger partial charge < -0.3 is 0 Å². The molecule has 1 aliphatic rings. The number of amidine groups is 1. The molecule has 2 rings (SSSR count). The molecule has 18 heavy (non-hydrogen) atoms. The number of carbonyl (C=O) groups excluding carboxylic acids is 1. The van der Waals surface area contributed by atoms with Gasteiger partial charge in [-0.25, -0.2) is 0 Å². The second kappa shape index (κ2) is 6.05. The second-order valence-electron chi connectivity index (χ2n) is 4.38. The van der Waals surface area contributed by atoms with E-state index in [2.05, 4.69) is 24.0 Å². The Kier molecular flexibility index (Phi) is 4.42. The Labute approximate surface area is 112 Å². The van der Waals surface area contributed by atoms with E-state index >= 15 is 0 Å². The molecule has 0 N–H and O–H groups in total. The maximum absolute atomic E-state index is 11.6. The van der Waals surface area contributed by atoms with Gasteiger partial charge in [-0.15, -0.1) is 0 Å². The molecule has 1 amide bonds. The summed E-state index contributed by atoms with van der Waals surface area (Å²) >= 11 is 1.55. The maximum Gasteiger partial charge on any atom is 0.239 e. The van der Waals surface area contributed by atoms with Crippen molar-refractivity contribution < 1.29 is 4.79 Å². The van der Waals surface area contributed by atoms with Crippen molar-refractivity contribution in [1.29, 1.82) is 0 Å². The zero-order chi connectivity index (χ0) is 13.0. The van der Waals surface area contributed by atoms with Crippen LogP contribution in [0, 0.1) is 0 Å². The van der Waals surface area contributed by atoms with Crippen molar-refractivity contribution in [3.05, 3.63) is 35.9 Å². The normalized spacial score (nSPS) is 19.6. The minimum atomic E-state index is 0.174. The van der Waals surface area contributed by atoms with E-state index in [1.54, 1.807) is 16.7 Å². The van der Waals surface area contributed by atoms with Crippen LogP contribution in [-0.2, 0) is 11.2 Å². The largest absolute Gasteiger partial charge is 0.291 e. The summed E-state index contributed by atoms with van der Waals surface area (Å²) in [5.41, 5.74) is 1.28. The molecular formula is C14H18N2OS. The number of aliphatic imine (C=N–C) groups is 1. The van der Waals surface area contributed by atoms with Crippen molar-refractivity contribution in [2.45, 2.75) is 26.3 Å². The molecule has 4 heteroatoms. The number of hydrogen-bond donors (Lipinski definition) is 0. The Balaban J connectivity index is 2.02. The molecule has 1 heterocycles. The molecular weight excluding hydrogens is 244 g/mol. The highest BCUT2D eigenvalue weighted by molar-refractivity contribution is 8.15. The Bertz CT molecular complexity index is 444. The van der Waals surface area contributed by atoms with Crippen molar-refractivity contribution in [2.75, 3.05) is 12.3 Å². The zero-order valence-corrected chi connectivity index (χ0v) is 11.6. The molecule has 1 saturated heterocycles. The lowest BCUT2D eigenvalue weighted by Crippen LogP contribution is -2.30. The van der Waals surface area contributed by atoms with Crippen LogP contribution in [0.3, 0.4) is 0 Å². The fourth-order valence-corrected chi connectivity index (χ4v) is 3.05. The summed E-state index contributed by atoms with van der Waals surface area (Å²) < 4.78 is 0. The third kappa shape index (κ3) is 3.13. The fraction of sp³-hybridized carbons (Fsp3) is 0.429. The van der Waals surface area contributed by atoms with Gasteiger partial charge in [-0.2, -0.15) is 0 Å². The lowest BCUT2D eigenvalue weighted by molar-refractivity contribution is -0.123. The molecule has 1 aliphatic heterocycles. The molecule has 0 radical (unpaired) electrons. The number of hydrogen-bond acceptors (Lipinski definition) is 3. The van der Waals surface area contributed by atoms with Gasteiger partial charge >= 0.3 is 0 Å². The number of benzene rings is 1. The van der Waals surface area contributed by atoms with Crippen LogP contribution in [0.15, 0.2) is 35.3 Å². The first kappa shape index (κ1) is 13.1. The SMILES string of the molecule is CCN1C(=O)CSC1=N[C@@H](C)Cc1ccccc1. The highest BCUT2D eigenvalue weighted by atomic mass is 32.2. The van der Waals surface area contributed by atoms with Crippen molar-refractivity contribution in [1.82, 2.24) is 4.90 Å². The summed E-state index contributed by atoms with van der Waals surface area (Å²) in [6, 6.07) is 10.5. The Hall–Kier alpha value is -1.29. The average Bonchev–Trinajstić information content (AvgIpc) is 2.71. The van der Waals surface area contributed by atoms with Crippen LogP contribution in [0.1, 0.15) is 19.4 Å². The van der Waals surface area contributed by atoms with Gasteiger partial charge in [0.2, 0.25) is 5.91 Å². The Morgan fingerprint density at radius 3 is 2.78 bits per heavy atom. The molecule has 1 aromatic rings. The number of carbonyl (C=O) groups is 1. The van der Waals surface area contributed by atoms with E-state index in [-0.39, 0.29) is 11.9 Å². The average molecular weight is 262 g/mol. The first-order chi connectivity index (χ1) is 8.70. The number of thioether (sulfide) groups is 1. The molecule has 1 fully saturated rings. The van der Waals surface area contributed by atoms with Gasteiger partial charge in [-0.05, 0) is 25.8 Å². The minimum absolute atomic E-state index is 0.174. The van der Waals surface area contributed by atoms with Crippen molar-refractivity contribution in [3.8, 4) is 0 Å². The highest BCUT2D eigenvalue weighted by Gasteiger charge is 2.26. The number of nitrogens with zero attached hydrogens (tertiary/aromatic N) is 2. The van der Waals surface area contributed by atoms with Crippen LogP contribution < -0.4 is 0 Å². The quantitative estimate of drug-likeness (QED) is 0.835. The van der Waals surface area contributed by atoms with Gasteiger partial charge in [0, 0.05) is 6.54 Å². The number of amides is 1.